The number of benzene rings is 1. The highest BCUT2D eigenvalue weighted by Gasteiger charge is 2.34. The molecule has 3 nitrogen and oxygen atoms in total. The van der Waals surface area contributed by atoms with Crippen LogP contribution in [0, 0.1) is 0 Å². The topological polar surface area (TPSA) is 30.5 Å². The Morgan fingerprint density at radius 1 is 1.37 bits per heavy atom. The summed E-state index contributed by atoms with van der Waals surface area (Å²) >= 11 is 0. The zero-order valence-corrected chi connectivity index (χ0v) is 12.6. The summed E-state index contributed by atoms with van der Waals surface area (Å²) in [7, 11) is 1.75. The van der Waals surface area contributed by atoms with Gasteiger partial charge in [-0.2, -0.15) is 0 Å². The average molecular weight is 263 g/mol. The maximum Gasteiger partial charge on any atom is 0.124 e. The van der Waals surface area contributed by atoms with Crippen molar-refractivity contribution < 1.29 is 9.47 Å². The van der Waals surface area contributed by atoms with Crippen molar-refractivity contribution in [1.82, 2.24) is 5.32 Å². The van der Waals surface area contributed by atoms with Gasteiger partial charge in [0.1, 0.15) is 11.4 Å². The van der Waals surface area contributed by atoms with Crippen molar-refractivity contribution in [3.63, 3.8) is 0 Å². The van der Waals surface area contributed by atoms with Crippen LogP contribution in [0.15, 0.2) is 24.3 Å². The zero-order chi connectivity index (χ0) is 14.1. The molecule has 1 atom stereocenters. The van der Waals surface area contributed by atoms with Crippen molar-refractivity contribution in [2.24, 2.45) is 0 Å². The second-order valence-electron chi connectivity index (χ2n) is 6.50. The molecule has 19 heavy (non-hydrogen) atoms. The molecule has 1 unspecified atom stereocenters. The van der Waals surface area contributed by atoms with Crippen molar-refractivity contribution in [2.45, 2.75) is 51.4 Å². The van der Waals surface area contributed by atoms with E-state index in [1.165, 1.54) is 5.56 Å². The monoisotopic (exact) mass is 263 g/mol. The van der Waals surface area contributed by atoms with E-state index in [0.717, 1.165) is 18.7 Å². The molecule has 1 N–H and O–H groups in total. The van der Waals surface area contributed by atoms with E-state index in [2.05, 4.69) is 45.1 Å². The van der Waals surface area contributed by atoms with Gasteiger partial charge < -0.3 is 14.8 Å². The van der Waals surface area contributed by atoms with E-state index in [9.17, 15) is 0 Å². The lowest BCUT2D eigenvalue weighted by Gasteiger charge is -2.39. The molecule has 2 rings (SSSR count). The van der Waals surface area contributed by atoms with E-state index >= 15 is 0 Å². The summed E-state index contributed by atoms with van der Waals surface area (Å²) in [5.74, 6) is 0.992. The molecule has 1 aromatic rings. The van der Waals surface area contributed by atoms with Crippen molar-refractivity contribution in [3.05, 3.63) is 29.8 Å². The molecule has 1 aliphatic rings. The molecule has 0 aromatic heterocycles. The van der Waals surface area contributed by atoms with Crippen LogP contribution >= 0.6 is 0 Å². The summed E-state index contributed by atoms with van der Waals surface area (Å²) in [5, 5.41) is 3.62. The van der Waals surface area contributed by atoms with Gasteiger partial charge >= 0.3 is 0 Å². The largest absolute Gasteiger partial charge is 0.487 e. The average Bonchev–Trinajstić information content (AvgIpc) is 2.35. The molecule has 1 aromatic carbocycles. The SMILES string of the molecule is COC(C)(C)CNC1CC(C)(C)Oc2ccccc21. The first-order valence-electron chi connectivity index (χ1n) is 6.89. The maximum atomic E-state index is 6.04. The van der Waals surface area contributed by atoms with Crippen LogP contribution in [0.3, 0.4) is 0 Å². The number of fused-ring (bicyclic) bond motifs is 1. The molecular weight excluding hydrogens is 238 g/mol. The van der Waals surface area contributed by atoms with Crippen LogP contribution in [0.25, 0.3) is 0 Å². The van der Waals surface area contributed by atoms with E-state index in [4.69, 9.17) is 9.47 Å². The standard InChI is InChI=1S/C16H25NO2/c1-15(2)10-13(17-11-16(3,4)18-5)12-8-6-7-9-14(12)19-15/h6-9,13,17H,10-11H2,1-5H3. The minimum Gasteiger partial charge on any atom is -0.487 e. The maximum absolute atomic E-state index is 6.04. The molecule has 0 saturated carbocycles. The summed E-state index contributed by atoms with van der Waals surface area (Å²) < 4.78 is 11.5. The number of rotatable bonds is 4. The number of hydrogen-bond donors (Lipinski definition) is 1. The number of methoxy groups -OCH3 is 1. The first-order valence-corrected chi connectivity index (χ1v) is 6.89. The van der Waals surface area contributed by atoms with Gasteiger partial charge in [-0.25, -0.2) is 0 Å². The molecule has 0 saturated heterocycles. The Bertz CT molecular complexity index is 440. The molecule has 0 amide bonds. The molecule has 1 heterocycles. The lowest BCUT2D eigenvalue weighted by molar-refractivity contribution is 0.0135. The van der Waals surface area contributed by atoms with Gasteiger partial charge in [0.05, 0.1) is 5.60 Å². The van der Waals surface area contributed by atoms with Crippen LogP contribution in [0.2, 0.25) is 0 Å². The Kier molecular flexibility index (Phi) is 3.88. The fourth-order valence-corrected chi connectivity index (χ4v) is 2.43. The highest BCUT2D eigenvalue weighted by Crippen LogP contribution is 2.39. The molecule has 0 fully saturated rings. The van der Waals surface area contributed by atoms with Gasteiger partial charge in [-0.1, -0.05) is 18.2 Å². The van der Waals surface area contributed by atoms with Crippen molar-refractivity contribution in [1.29, 1.82) is 0 Å². The van der Waals surface area contributed by atoms with Gasteiger partial charge in [-0.15, -0.1) is 0 Å². The zero-order valence-electron chi connectivity index (χ0n) is 12.6. The lowest BCUT2D eigenvalue weighted by atomic mass is 9.89. The molecule has 1 aliphatic heterocycles. The Balaban J connectivity index is 2.16. The molecule has 0 aliphatic carbocycles. The molecule has 0 bridgehead atoms. The molecule has 0 radical (unpaired) electrons. The van der Waals surface area contributed by atoms with Crippen molar-refractivity contribution in [3.8, 4) is 5.75 Å². The third-order valence-corrected chi connectivity index (χ3v) is 3.70. The summed E-state index contributed by atoms with van der Waals surface area (Å²) in [6.45, 7) is 9.28. The fourth-order valence-electron chi connectivity index (χ4n) is 2.43. The Morgan fingerprint density at radius 2 is 2.05 bits per heavy atom. The van der Waals surface area contributed by atoms with Crippen LogP contribution in [-0.2, 0) is 4.74 Å². The van der Waals surface area contributed by atoms with E-state index in [1.54, 1.807) is 7.11 Å². The Morgan fingerprint density at radius 3 is 2.74 bits per heavy atom. The number of ether oxygens (including phenoxy) is 2. The van der Waals surface area contributed by atoms with Gasteiger partial charge in [-0.3, -0.25) is 0 Å². The molecule has 0 spiro atoms. The van der Waals surface area contributed by atoms with Crippen LogP contribution in [0.5, 0.6) is 5.75 Å². The highest BCUT2D eigenvalue weighted by molar-refractivity contribution is 5.38. The number of para-hydroxylation sites is 1. The summed E-state index contributed by atoms with van der Waals surface area (Å²) in [5.41, 5.74) is 0.953. The first kappa shape index (κ1) is 14.4. The predicted octanol–water partition coefficient (Wildman–Crippen LogP) is 3.30. The van der Waals surface area contributed by atoms with Crippen LogP contribution < -0.4 is 10.1 Å². The summed E-state index contributed by atoms with van der Waals surface area (Å²) in [6.07, 6.45) is 0.962. The summed E-state index contributed by atoms with van der Waals surface area (Å²) in [4.78, 5) is 0. The van der Waals surface area contributed by atoms with Crippen molar-refractivity contribution >= 4 is 0 Å². The van der Waals surface area contributed by atoms with Crippen LogP contribution in [0.4, 0.5) is 0 Å². The van der Waals surface area contributed by atoms with Gasteiger partial charge in [0.25, 0.3) is 0 Å². The minimum atomic E-state index is -0.155. The highest BCUT2D eigenvalue weighted by atomic mass is 16.5. The Hall–Kier alpha value is -1.06. The molecular formula is C16H25NO2. The lowest BCUT2D eigenvalue weighted by Crippen LogP contribution is -2.44. The smallest absolute Gasteiger partial charge is 0.124 e. The normalized spacial score (nSPS) is 21.6. The van der Waals surface area contributed by atoms with Gasteiger partial charge in [0.2, 0.25) is 0 Å². The second kappa shape index (κ2) is 5.14. The second-order valence-corrected chi connectivity index (χ2v) is 6.50. The third-order valence-electron chi connectivity index (χ3n) is 3.70. The number of hydrogen-bond acceptors (Lipinski definition) is 3. The van der Waals surface area contributed by atoms with Gasteiger partial charge in [0.15, 0.2) is 0 Å². The third kappa shape index (κ3) is 3.48. The van der Waals surface area contributed by atoms with Crippen molar-refractivity contribution in [2.75, 3.05) is 13.7 Å². The van der Waals surface area contributed by atoms with E-state index in [0.29, 0.717) is 6.04 Å². The van der Waals surface area contributed by atoms with E-state index in [1.807, 2.05) is 12.1 Å². The van der Waals surface area contributed by atoms with Crippen LogP contribution in [-0.4, -0.2) is 24.9 Å². The molecule has 106 valence electrons. The number of nitrogens with one attached hydrogen (secondary N) is 1. The van der Waals surface area contributed by atoms with Crippen LogP contribution in [0.1, 0.15) is 45.7 Å². The minimum absolute atomic E-state index is 0.136. The quantitative estimate of drug-likeness (QED) is 0.904. The molecule has 3 heteroatoms. The summed E-state index contributed by atoms with van der Waals surface area (Å²) in [6, 6.07) is 8.59. The van der Waals surface area contributed by atoms with Gasteiger partial charge in [0, 0.05) is 31.7 Å². The first-order chi connectivity index (χ1) is 8.83. The van der Waals surface area contributed by atoms with E-state index in [-0.39, 0.29) is 11.2 Å². The Labute approximate surface area is 116 Å². The predicted molar refractivity (Wildman–Crippen MR) is 77.6 cm³/mol. The van der Waals surface area contributed by atoms with E-state index < -0.39 is 0 Å². The fraction of sp³-hybridized carbons (Fsp3) is 0.625. The van der Waals surface area contributed by atoms with Gasteiger partial charge in [-0.05, 0) is 33.8 Å².